The van der Waals surface area contributed by atoms with Gasteiger partial charge in [0.2, 0.25) is 0 Å². The molecule has 0 atom stereocenters. The zero-order valence-corrected chi connectivity index (χ0v) is 12.0. The molecular formula is C16H13NO2S. The fourth-order valence-electron chi connectivity index (χ4n) is 2.15. The van der Waals surface area contributed by atoms with Crippen molar-refractivity contribution >= 4 is 27.3 Å². The number of ketones is 1. The van der Waals surface area contributed by atoms with Crippen LogP contribution in [0.3, 0.4) is 0 Å². The van der Waals surface area contributed by atoms with Crippen LogP contribution >= 0.6 is 11.3 Å². The van der Waals surface area contributed by atoms with Gasteiger partial charge in [-0.3, -0.25) is 9.59 Å². The molecule has 100 valence electrons. The van der Waals surface area contributed by atoms with E-state index >= 15 is 0 Å². The molecule has 0 bridgehead atoms. The summed E-state index contributed by atoms with van der Waals surface area (Å²) in [5.74, 6) is -0.0181. The van der Waals surface area contributed by atoms with Crippen LogP contribution in [0.2, 0.25) is 0 Å². The number of fused-ring (bicyclic) bond motifs is 1. The van der Waals surface area contributed by atoms with E-state index in [9.17, 15) is 9.59 Å². The van der Waals surface area contributed by atoms with Crippen LogP contribution in [0, 0.1) is 6.92 Å². The Morgan fingerprint density at radius 1 is 1.05 bits per heavy atom. The molecule has 0 radical (unpaired) electrons. The Labute approximate surface area is 120 Å². The first kappa shape index (κ1) is 12.8. The van der Waals surface area contributed by atoms with Crippen molar-refractivity contribution < 1.29 is 4.79 Å². The van der Waals surface area contributed by atoms with Gasteiger partial charge in [0.1, 0.15) is 0 Å². The van der Waals surface area contributed by atoms with Crippen molar-refractivity contribution in [2.24, 2.45) is 7.05 Å². The SMILES string of the molecule is Cc1ccc(C(=O)c2ccc3c(c2)sc(=O)n3C)cc1. The lowest BCUT2D eigenvalue weighted by molar-refractivity contribution is 0.103. The Balaban J connectivity index is 2.08. The first-order valence-electron chi connectivity index (χ1n) is 6.27. The van der Waals surface area contributed by atoms with Gasteiger partial charge in [0, 0.05) is 18.2 Å². The monoisotopic (exact) mass is 283 g/mol. The molecule has 0 aliphatic carbocycles. The van der Waals surface area contributed by atoms with E-state index in [0.717, 1.165) is 27.1 Å². The Kier molecular flexibility index (Phi) is 3.03. The summed E-state index contributed by atoms with van der Waals surface area (Å²) in [6, 6.07) is 12.9. The minimum atomic E-state index is -0.0181. The van der Waals surface area contributed by atoms with Gasteiger partial charge in [0.05, 0.1) is 10.2 Å². The zero-order valence-electron chi connectivity index (χ0n) is 11.2. The summed E-state index contributed by atoms with van der Waals surface area (Å²) in [5.41, 5.74) is 3.26. The first-order valence-corrected chi connectivity index (χ1v) is 7.09. The highest BCUT2D eigenvalue weighted by atomic mass is 32.1. The molecule has 0 unspecified atom stereocenters. The zero-order chi connectivity index (χ0) is 14.3. The number of benzene rings is 2. The maximum absolute atomic E-state index is 12.4. The van der Waals surface area contributed by atoms with Crippen molar-refractivity contribution in [3.05, 3.63) is 68.8 Å². The van der Waals surface area contributed by atoms with Gasteiger partial charge in [0.25, 0.3) is 0 Å². The van der Waals surface area contributed by atoms with E-state index in [0.29, 0.717) is 11.1 Å². The molecule has 0 N–H and O–H groups in total. The van der Waals surface area contributed by atoms with Crippen molar-refractivity contribution in [3.8, 4) is 0 Å². The molecule has 1 heterocycles. The van der Waals surface area contributed by atoms with Gasteiger partial charge < -0.3 is 4.57 Å². The van der Waals surface area contributed by atoms with Gasteiger partial charge in [-0.25, -0.2) is 0 Å². The molecule has 0 aliphatic heterocycles. The number of aromatic nitrogens is 1. The third-order valence-corrected chi connectivity index (χ3v) is 4.36. The van der Waals surface area contributed by atoms with E-state index in [2.05, 4.69) is 0 Å². The van der Waals surface area contributed by atoms with E-state index in [4.69, 9.17) is 0 Å². The first-order chi connectivity index (χ1) is 9.56. The van der Waals surface area contributed by atoms with Crippen LogP contribution in [-0.4, -0.2) is 10.4 Å². The molecule has 3 aromatic rings. The molecule has 0 saturated carbocycles. The smallest absolute Gasteiger partial charge is 0.302 e. The van der Waals surface area contributed by atoms with E-state index in [1.165, 1.54) is 0 Å². The summed E-state index contributed by atoms with van der Waals surface area (Å²) < 4.78 is 2.44. The third-order valence-electron chi connectivity index (χ3n) is 3.37. The van der Waals surface area contributed by atoms with E-state index in [-0.39, 0.29) is 10.7 Å². The van der Waals surface area contributed by atoms with Crippen molar-refractivity contribution in [1.29, 1.82) is 0 Å². The second kappa shape index (κ2) is 4.72. The maximum atomic E-state index is 12.4. The van der Waals surface area contributed by atoms with Crippen LogP contribution in [0.1, 0.15) is 21.5 Å². The lowest BCUT2D eigenvalue weighted by Gasteiger charge is -2.02. The highest BCUT2D eigenvalue weighted by Gasteiger charge is 2.11. The predicted molar refractivity (Wildman–Crippen MR) is 81.7 cm³/mol. The summed E-state index contributed by atoms with van der Waals surface area (Å²) in [7, 11) is 1.74. The largest absolute Gasteiger partial charge is 0.307 e. The number of nitrogens with zero attached hydrogens (tertiary/aromatic N) is 1. The average Bonchev–Trinajstić information content (AvgIpc) is 2.74. The molecule has 3 nitrogen and oxygen atoms in total. The van der Waals surface area contributed by atoms with Crippen LogP contribution in [0.15, 0.2) is 47.3 Å². The summed E-state index contributed by atoms with van der Waals surface area (Å²) in [5, 5.41) is 0. The summed E-state index contributed by atoms with van der Waals surface area (Å²) >= 11 is 1.16. The van der Waals surface area contributed by atoms with Crippen LogP contribution in [-0.2, 0) is 7.05 Å². The quantitative estimate of drug-likeness (QED) is 0.678. The van der Waals surface area contributed by atoms with Gasteiger partial charge in [-0.1, -0.05) is 41.2 Å². The molecule has 1 aromatic heterocycles. The van der Waals surface area contributed by atoms with Crippen molar-refractivity contribution in [3.63, 3.8) is 0 Å². The number of hydrogen-bond donors (Lipinski definition) is 0. The second-order valence-electron chi connectivity index (χ2n) is 4.80. The number of thiazole rings is 1. The van der Waals surface area contributed by atoms with Crippen LogP contribution in [0.4, 0.5) is 0 Å². The Hall–Kier alpha value is -2.20. The topological polar surface area (TPSA) is 39.1 Å². The lowest BCUT2D eigenvalue weighted by atomic mass is 10.0. The lowest BCUT2D eigenvalue weighted by Crippen LogP contribution is -2.06. The number of aryl methyl sites for hydroxylation is 2. The highest BCUT2D eigenvalue weighted by Crippen LogP contribution is 2.20. The third kappa shape index (κ3) is 2.08. The maximum Gasteiger partial charge on any atom is 0.307 e. The van der Waals surface area contributed by atoms with Crippen LogP contribution in [0.5, 0.6) is 0 Å². The molecule has 4 heteroatoms. The molecule has 20 heavy (non-hydrogen) atoms. The van der Waals surface area contributed by atoms with E-state index in [1.807, 2.05) is 37.3 Å². The normalized spacial score (nSPS) is 10.9. The minimum absolute atomic E-state index is 0.0139. The molecule has 0 amide bonds. The molecule has 2 aromatic carbocycles. The number of carbonyl (C=O) groups excluding carboxylic acids is 1. The second-order valence-corrected chi connectivity index (χ2v) is 5.80. The summed E-state index contributed by atoms with van der Waals surface area (Å²) in [6.07, 6.45) is 0. The van der Waals surface area contributed by atoms with Gasteiger partial charge >= 0.3 is 4.87 Å². The van der Waals surface area contributed by atoms with Crippen molar-refractivity contribution in [1.82, 2.24) is 4.57 Å². The molecule has 0 aliphatic rings. The van der Waals surface area contributed by atoms with Gasteiger partial charge in [-0.05, 0) is 25.1 Å². The molecule has 0 fully saturated rings. The fraction of sp³-hybridized carbons (Fsp3) is 0.125. The van der Waals surface area contributed by atoms with E-state index < -0.39 is 0 Å². The van der Waals surface area contributed by atoms with Gasteiger partial charge in [-0.2, -0.15) is 0 Å². The predicted octanol–water partition coefficient (Wildman–Crippen LogP) is 3.14. The Morgan fingerprint density at radius 2 is 1.70 bits per heavy atom. The number of rotatable bonds is 2. The fourth-order valence-corrected chi connectivity index (χ4v) is 3.07. The summed E-state index contributed by atoms with van der Waals surface area (Å²) in [4.78, 5) is 24.0. The van der Waals surface area contributed by atoms with Crippen LogP contribution in [0.25, 0.3) is 10.2 Å². The number of hydrogen-bond acceptors (Lipinski definition) is 3. The molecule has 3 rings (SSSR count). The van der Waals surface area contributed by atoms with Gasteiger partial charge in [-0.15, -0.1) is 0 Å². The van der Waals surface area contributed by atoms with Gasteiger partial charge in [0.15, 0.2) is 5.78 Å². The minimum Gasteiger partial charge on any atom is -0.302 e. The molecule has 0 saturated heterocycles. The highest BCUT2D eigenvalue weighted by molar-refractivity contribution is 7.16. The average molecular weight is 283 g/mol. The Bertz CT molecular complexity index is 856. The Morgan fingerprint density at radius 3 is 2.40 bits per heavy atom. The van der Waals surface area contributed by atoms with Crippen molar-refractivity contribution in [2.75, 3.05) is 0 Å². The molecular weight excluding hydrogens is 270 g/mol. The van der Waals surface area contributed by atoms with E-state index in [1.54, 1.807) is 23.7 Å². The summed E-state index contributed by atoms with van der Waals surface area (Å²) in [6.45, 7) is 1.99. The standard InChI is InChI=1S/C16H13NO2S/c1-10-3-5-11(6-4-10)15(18)12-7-8-13-14(9-12)20-16(19)17(13)2/h3-9H,1-2H3. The van der Waals surface area contributed by atoms with Crippen molar-refractivity contribution in [2.45, 2.75) is 6.92 Å². The number of carbonyl (C=O) groups is 1. The van der Waals surface area contributed by atoms with Crippen LogP contribution < -0.4 is 4.87 Å². The molecule has 0 spiro atoms.